The predicted molar refractivity (Wildman–Crippen MR) is 68.2 cm³/mol. The van der Waals surface area contributed by atoms with E-state index in [1.165, 1.54) is 12.8 Å². The second kappa shape index (κ2) is 7.09. The summed E-state index contributed by atoms with van der Waals surface area (Å²) in [7, 11) is 0. The third-order valence-corrected chi connectivity index (χ3v) is 2.60. The van der Waals surface area contributed by atoms with E-state index in [4.69, 9.17) is 0 Å². The Bertz CT molecular complexity index is 371. The maximum atomic E-state index is 9.65. The molecule has 0 saturated carbocycles. The zero-order chi connectivity index (χ0) is 11.8. The summed E-state index contributed by atoms with van der Waals surface area (Å²) in [4.78, 5) is 0. The van der Waals surface area contributed by atoms with Crippen LogP contribution < -0.4 is 0 Å². The van der Waals surface area contributed by atoms with Gasteiger partial charge in [0.1, 0.15) is 6.10 Å². The topological polar surface area (TPSA) is 20.2 Å². The smallest absolute Gasteiger partial charge is 0.115 e. The Morgan fingerprint density at radius 1 is 1.25 bits per heavy atom. The number of hydrogen-bond donors (Lipinski definition) is 1. The van der Waals surface area contributed by atoms with Crippen LogP contribution in [0.15, 0.2) is 24.3 Å². The van der Waals surface area contributed by atoms with Gasteiger partial charge in [0.15, 0.2) is 0 Å². The first-order valence-corrected chi connectivity index (χ1v) is 5.99. The molecule has 0 saturated heterocycles. The van der Waals surface area contributed by atoms with Crippen LogP contribution in [0.3, 0.4) is 0 Å². The van der Waals surface area contributed by atoms with Gasteiger partial charge in [-0.1, -0.05) is 49.8 Å². The Labute approximate surface area is 98.5 Å². The summed E-state index contributed by atoms with van der Waals surface area (Å²) < 4.78 is 0. The SMILES string of the molecule is CCCCCC(O)C#Cc1ccccc1C. The maximum absolute atomic E-state index is 9.65. The highest BCUT2D eigenvalue weighted by molar-refractivity contribution is 5.40. The lowest BCUT2D eigenvalue weighted by Gasteiger charge is -2.01. The maximum Gasteiger partial charge on any atom is 0.115 e. The van der Waals surface area contributed by atoms with E-state index >= 15 is 0 Å². The van der Waals surface area contributed by atoms with Gasteiger partial charge in [-0.3, -0.25) is 0 Å². The Morgan fingerprint density at radius 2 is 2.00 bits per heavy atom. The standard InChI is InChI=1S/C15H20O/c1-3-4-5-10-15(16)12-11-14-9-7-6-8-13(14)2/h6-9,15-16H,3-5,10H2,1-2H3. The number of benzene rings is 1. The average Bonchev–Trinajstić information content (AvgIpc) is 2.28. The Balaban J connectivity index is 2.50. The molecule has 0 aliphatic rings. The molecule has 1 aromatic carbocycles. The highest BCUT2D eigenvalue weighted by Crippen LogP contribution is 2.06. The monoisotopic (exact) mass is 216 g/mol. The van der Waals surface area contributed by atoms with E-state index in [1.807, 2.05) is 31.2 Å². The van der Waals surface area contributed by atoms with Crippen LogP contribution in [0.4, 0.5) is 0 Å². The Kier molecular flexibility index (Phi) is 5.67. The van der Waals surface area contributed by atoms with E-state index in [9.17, 15) is 5.11 Å². The third-order valence-electron chi connectivity index (χ3n) is 2.60. The molecule has 1 heteroatoms. The molecule has 1 nitrogen and oxygen atoms in total. The first kappa shape index (κ1) is 12.8. The van der Waals surface area contributed by atoms with Gasteiger partial charge < -0.3 is 5.11 Å². The van der Waals surface area contributed by atoms with E-state index in [0.29, 0.717) is 0 Å². The van der Waals surface area contributed by atoms with Crippen molar-refractivity contribution in [2.75, 3.05) is 0 Å². The van der Waals surface area contributed by atoms with Crippen LogP contribution in [0, 0.1) is 18.8 Å². The summed E-state index contributed by atoms with van der Waals surface area (Å²) in [5, 5.41) is 9.65. The minimum absolute atomic E-state index is 0.480. The second-order valence-corrected chi connectivity index (χ2v) is 4.10. The molecule has 1 N–H and O–H groups in total. The lowest BCUT2D eigenvalue weighted by molar-refractivity contribution is 0.217. The van der Waals surface area contributed by atoms with E-state index < -0.39 is 6.10 Å². The van der Waals surface area contributed by atoms with Crippen molar-refractivity contribution in [1.82, 2.24) is 0 Å². The molecule has 0 radical (unpaired) electrons. The fourth-order valence-electron chi connectivity index (χ4n) is 1.53. The van der Waals surface area contributed by atoms with Crippen LogP contribution >= 0.6 is 0 Å². The highest BCUT2D eigenvalue weighted by Gasteiger charge is 1.98. The summed E-state index contributed by atoms with van der Waals surface area (Å²) in [5.74, 6) is 5.94. The molecule has 0 fully saturated rings. The molecule has 0 amide bonds. The number of aliphatic hydroxyl groups is 1. The van der Waals surface area contributed by atoms with Crippen LogP contribution in [-0.4, -0.2) is 11.2 Å². The van der Waals surface area contributed by atoms with E-state index in [1.54, 1.807) is 0 Å². The minimum atomic E-state index is -0.480. The molecule has 1 rings (SSSR count). The summed E-state index contributed by atoms with van der Waals surface area (Å²) >= 11 is 0. The second-order valence-electron chi connectivity index (χ2n) is 4.10. The molecule has 16 heavy (non-hydrogen) atoms. The van der Waals surface area contributed by atoms with Gasteiger partial charge in [0.05, 0.1) is 0 Å². The van der Waals surface area contributed by atoms with Crippen molar-refractivity contribution in [3.63, 3.8) is 0 Å². The van der Waals surface area contributed by atoms with Crippen LogP contribution in [-0.2, 0) is 0 Å². The summed E-state index contributed by atoms with van der Waals surface area (Å²) in [6, 6.07) is 7.99. The Morgan fingerprint density at radius 3 is 2.69 bits per heavy atom. The molecular formula is C15H20O. The molecule has 0 spiro atoms. The quantitative estimate of drug-likeness (QED) is 0.605. The molecule has 86 valence electrons. The fourth-order valence-corrected chi connectivity index (χ4v) is 1.53. The number of hydrogen-bond acceptors (Lipinski definition) is 1. The number of rotatable bonds is 4. The van der Waals surface area contributed by atoms with Crippen molar-refractivity contribution >= 4 is 0 Å². The van der Waals surface area contributed by atoms with Crippen molar-refractivity contribution < 1.29 is 5.11 Å². The van der Waals surface area contributed by atoms with E-state index in [0.717, 1.165) is 24.0 Å². The number of aliphatic hydroxyl groups excluding tert-OH is 1. The summed E-state index contributed by atoms with van der Waals surface area (Å²) in [6.07, 6.45) is 3.71. The van der Waals surface area contributed by atoms with Crippen molar-refractivity contribution in [3.05, 3.63) is 35.4 Å². The van der Waals surface area contributed by atoms with Crippen molar-refractivity contribution in [1.29, 1.82) is 0 Å². The van der Waals surface area contributed by atoms with Gasteiger partial charge in [-0.15, -0.1) is 0 Å². The molecule has 1 aromatic rings. The molecule has 0 aliphatic carbocycles. The van der Waals surface area contributed by atoms with Gasteiger partial charge in [-0.05, 0) is 31.4 Å². The third kappa shape index (κ3) is 4.51. The van der Waals surface area contributed by atoms with Crippen LogP contribution in [0.5, 0.6) is 0 Å². The van der Waals surface area contributed by atoms with E-state index in [2.05, 4.69) is 18.8 Å². The fraction of sp³-hybridized carbons (Fsp3) is 0.467. The zero-order valence-electron chi connectivity index (χ0n) is 10.2. The van der Waals surface area contributed by atoms with Gasteiger partial charge >= 0.3 is 0 Å². The minimum Gasteiger partial charge on any atom is -0.380 e. The van der Waals surface area contributed by atoms with Crippen molar-refractivity contribution in [2.45, 2.75) is 45.6 Å². The lowest BCUT2D eigenvalue weighted by Crippen LogP contribution is -2.02. The van der Waals surface area contributed by atoms with Crippen LogP contribution in [0.25, 0.3) is 0 Å². The molecule has 0 bridgehead atoms. The van der Waals surface area contributed by atoms with Crippen molar-refractivity contribution in [2.24, 2.45) is 0 Å². The molecular weight excluding hydrogens is 196 g/mol. The lowest BCUT2D eigenvalue weighted by atomic mass is 10.1. The summed E-state index contributed by atoms with van der Waals surface area (Å²) in [5.41, 5.74) is 2.17. The van der Waals surface area contributed by atoms with Gasteiger partial charge in [-0.2, -0.15) is 0 Å². The molecule has 0 heterocycles. The van der Waals surface area contributed by atoms with Crippen LogP contribution in [0.1, 0.15) is 43.7 Å². The van der Waals surface area contributed by atoms with Gasteiger partial charge in [0.25, 0.3) is 0 Å². The van der Waals surface area contributed by atoms with Gasteiger partial charge in [-0.25, -0.2) is 0 Å². The van der Waals surface area contributed by atoms with Crippen molar-refractivity contribution in [3.8, 4) is 11.8 Å². The first-order chi connectivity index (χ1) is 7.74. The summed E-state index contributed by atoms with van der Waals surface area (Å²) in [6.45, 7) is 4.19. The predicted octanol–water partition coefficient (Wildman–Crippen LogP) is 3.29. The number of unbranched alkanes of at least 4 members (excludes halogenated alkanes) is 2. The van der Waals surface area contributed by atoms with E-state index in [-0.39, 0.29) is 0 Å². The Hall–Kier alpha value is -1.26. The average molecular weight is 216 g/mol. The molecule has 1 atom stereocenters. The molecule has 0 aromatic heterocycles. The normalized spacial score (nSPS) is 11.7. The van der Waals surface area contributed by atoms with Crippen LogP contribution in [0.2, 0.25) is 0 Å². The van der Waals surface area contributed by atoms with Gasteiger partial charge in [0, 0.05) is 5.56 Å². The van der Waals surface area contributed by atoms with Gasteiger partial charge in [0.2, 0.25) is 0 Å². The largest absolute Gasteiger partial charge is 0.380 e. The molecule has 0 aliphatic heterocycles. The zero-order valence-corrected chi connectivity index (χ0v) is 10.2. The highest BCUT2D eigenvalue weighted by atomic mass is 16.3. The number of aryl methyl sites for hydroxylation is 1. The molecule has 1 unspecified atom stereocenters. The first-order valence-electron chi connectivity index (χ1n) is 5.99.